The van der Waals surface area contributed by atoms with Crippen molar-refractivity contribution in [3.8, 4) is 17.0 Å². The van der Waals surface area contributed by atoms with Gasteiger partial charge in [0, 0.05) is 29.2 Å². The van der Waals surface area contributed by atoms with Gasteiger partial charge in [0.15, 0.2) is 5.65 Å². The first-order chi connectivity index (χ1) is 15.5. The maximum atomic E-state index is 13.1. The number of benzene rings is 1. The molecule has 1 aliphatic carbocycles. The van der Waals surface area contributed by atoms with Gasteiger partial charge >= 0.3 is 0 Å². The highest BCUT2D eigenvalue weighted by atomic mass is 35.5. The van der Waals surface area contributed by atoms with E-state index in [4.69, 9.17) is 21.4 Å². The number of amides is 1. The van der Waals surface area contributed by atoms with Gasteiger partial charge in [-0.3, -0.25) is 9.48 Å². The summed E-state index contributed by atoms with van der Waals surface area (Å²) >= 11 is 6.25. The average Bonchev–Trinajstić information content (AvgIpc) is 3.51. The Morgan fingerprint density at radius 2 is 2.22 bits per heavy atom. The summed E-state index contributed by atoms with van der Waals surface area (Å²) < 4.78 is 8.76. The minimum atomic E-state index is -0.489. The maximum absolute atomic E-state index is 13.1. The van der Waals surface area contributed by atoms with Crippen molar-refractivity contribution >= 4 is 28.8 Å². The highest BCUT2D eigenvalue weighted by Crippen LogP contribution is 2.38. The highest BCUT2D eigenvalue weighted by molar-refractivity contribution is 6.31. The van der Waals surface area contributed by atoms with E-state index in [2.05, 4.69) is 15.4 Å². The summed E-state index contributed by atoms with van der Waals surface area (Å²) in [6, 6.07) is 6.79. The van der Waals surface area contributed by atoms with Gasteiger partial charge in [0.1, 0.15) is 17.0 Å². The lowest BCUT2D eigenvalue weighted by Gasteiger charge is -2.14. The lowest BCUT2D eigenvalue weighted by molar-refractivity contribution is 0.102. The van der Waals surface area contributed by atoms with E-state index >= 15 is 0 Å². The standard InChI is InChI=1S/C22H21ClN6O3/c1-32-19-7-6-13(23)10-14(19)20-16(12-29(27-20)17-4-2-5-18(17)30)26-22(31)15-11-25-28-9-3-8-24-21(15)28/h3,6-12,17-18,30H,2,4-5H2,1H3,(H,26,31)/t17-,18-/m1/s1. The van der Waals surface area contributed by atoms with Crippen LogP contribution in [0.15, 0.2) is 49.1 Å². The van der Waals surface area contributed by atoms with Crippen LogP contribution in [0.25, 0.3) is 16.9 Å². The fraction of sp³-hybridized carbons (Fsp3) is 0.273. The van der Waals surface area contributed by atoms with Gasteiger partial charge < -0.3 is 15.2 Å². The molecule has 1 amide bonds. The summed E-state index contributed by atoms with van der Waals surface area (Å²) in [6.45, 7) is 0. The van der Waals surface area contributed by atoms with E-state index in [1.54, 1.807) is 54.6 Å². The number of carbonyl (C=O) groups is 1. The van der Waals surface area contributed by atoms with Crippen LogP contribution < -0.4 is 10.1 Å². The van der Waals surface area contributed by atoms with Gasteiger partial charge in [-0.15, -0.1) is 0 Å². The van der Waals surface area contributed by atoms with Gasteiger partial charge in [0.05, 0.1) is 31.1 Å². The van der Waals surface area contributed by atoms with Crippen LogP contribution in [0.2, 0.25) is 5.02 Å². The largest absolute Gasteiger partial charge is 0.496 e. The topological polar surface area (TPSA) is 107 Å². The zero-order chi connectivity index (χ0) is 22.2. The van der Waals surface area contributed by atoms with E-state index in [9.17, 15) is 9.90 Å². The third-order valence-corrected chi connectivity index (χ3v) is 5.94. The van der Waals surface area contributed by atoms with Crippen molar-refractivity contribution < 1.29 is 14.6 Å². The molecule has 5 rings (SSSR count). The number of methoxy groups -OCH3 is 1. The summed E-state index contributed by atoms with van der Waals surface area (Å²) in [5, 5.41) is 22.8. The number of aromatic nitrogens is 5. The van der Waals surface area contributed by atoms with Crippen LogP contribution in [0.5, 0.6) is 5.75 Å². The molecule has 2 atom stereocenters. The summed E-state index contributed by atoms with van der Waals surface area (Å²) in [6.07, 6.45) is 8.50. The second kappa shape index (κ2) is 8.25. The number of nitrogens with zero attached hydrogens (tertiary/aromatic N) is 5. The van der Waals surface area contributed by atoms with Crippen molar-refractivity contribution in [3.63, 3.8) is 0 Å². The number of aliphatic hydroxyl groups excluding tert-OH is 1. The molecule has 164 valence electrons. The number of halogens is 1. The van der Waals surface area contributed by atoms with Crippen LogP contribution in [0.1, 0.15) is 35.7 Å². The lowest BCUT2D eigenvalue weighted by Crippen LogP contribution is -2.18. The Morgan fingerprint density at radius 3 is 3.00 bits per heavy atom. The molecule has 9 nitrogen and oxygen atoms in total. The third-order valence-electron chi connectivity index (χ3n) is 5.70. The van der Waals surface area contributed by atoms with Crippen molar-refractivity contribution in [1.82, 2.24) is 24.4 Å². The van der Waals surface area contributed by atoms with Gasteiger partial charge in [0.25, 0.3) is 5.91 Å². The van der Waals surface area contributed by atoms with Crippen LogP contribution in [0.3, 0.4) is 0 Å². The van der Waals surface area contributed by atoms with E-state index in [1.165, 1.54) is 10.7 Å². The molecule has 10 heteroatoms. The number of nitrogens with one attached hydrogen (secondary N) is 1. The smallest absolute Gasteiger partial charge is 0.261 e. The molecule has 3 aromatic heterocycles. The van der Waals surface area contributed by atoms with Crippen LogP contribution >= 0.6 is 11.6 Å². The number of hydrogen-bond acceptors (Lipinski definition) is 6. The first kappa shape index (κ1) is 20.5. The van der Waals surface area contributed by atoms with E-state index in [0.717, 1.165) is 19.3 Å². The Bertz CT molecular complexity index is 1300. The second-order valence-corrected chi connectivity index (χ2v) is 8.12. The van der Waals surface area contributed by atoms with E-state index < -0.39 is 6.10 Å². The van der Waals surface area contributed by atoms with E-state index in [-0.39, 0.29) is 11.9 Å². The molecule has 0 aliphatic heterocycles. The molecule has 1 fully saturated rings. The number of anilines is 1. The van der Waals surface area contributed by atoms with Crippen molar-refractivity contribution in [2.24, 2.45) is 0 Å². The van der Waals surface area contributed by atoms with Crippen molar-refractivity contribution in [2.45, 2.75) is 31.4 Å². The van der Waals surface area contributed by atoms with Crippen LogP contribution in [0, 0.1) is 0 Å². The third kappa shape index (κ3) is 3.59. The fourth-order valence-electron chi connectivity index (χ4n) is 4.12. The first-order valence-electron chi connectivity index (χ1n) is 10.3. The van der Waals surface area contributed by atoms with E-state index in [1.807, 2.05) is 0 Å². The fourth-order valence-corrected chi connectivity index (χ4v) is 4.30. The Morgan fingerprint density at radius 1 is 1.34 bits per heavy atom. The lowest BCUT2D eigenvalue weighted by atomic mass is 10.1. The summed E-state index contributed by atoms with van der Waals surface area (Å²) in [7, 11) is 1.56. The van der Waals surface area contributed by atoms with Gasteiger partial charge in [0.2, 0.25) is 0 Å². The number of fused-ring (bicyclic) bond motifs is 1. The van der Waals surface area contributed by atoms with Gasteiger partial charge in [-0.2, -0.15) is 10.2 Å². The molecule has 0 radical (unpaired) electrons. The first-order valence-corrected chi connectivity index (χ1v) is 10.6. The zero-order valence-corrected chi connectivity index (χ0v) is 18.0. The Labute approximate surface area is 188 Å². The molecule has 0 saturated heterocycles. The monoisotopic (exact) mass is 452 g/mol. The van der Waals surface area contributed by atoms with Crippen molar-refractivity contribution in [2.75, 3.05) is 12.4 Å². The Kier molecular flexibility index (Phi) is 5.28. The van der Waals surface area contributed by atoms with Crippen LogP contribution in [0.4, 0.5) is 5.69 Å². The minimum Gasteiger partial charge on any atom is -0.496 e. The number of carbonyl (C=O) groups excluding carboxylic acids is 1. The molecule has 1 aliphatic rings. The maximum Gasteiger partial charge on any atom is 0.261 e. The van der Waals surface area contributed by atoms with Gasteiger partial charge in [-0.05, 0) is 43.5 Å². The van der Waals surface area contributed by atoms with E-state index in [0.29, 0.717) is 38.9 Å². The summed E-state index contributed by atoms with van der Waals surface area (Å²) in [5.74, 6) is 0.201. The summed E-state index contributed by atoms with van der Waals surface area (Å²) in [4.78, 5) is 17.4. The molecule has 32 heavy (non-hydrogen) atoms. The number of rotatable bonds is 5. The number of ether oxygens (including phenoxy) is 1. The van der Waals surface area contributed by atoms with Crippen LogP contribution in [-0.2, 0) is 0 Å². The predicted octanol–water partition coefficient (Wildman–Crippen LogP) is 3.59. The SMILES string of the molecule is COc1ccc(Cl)cc1-c1nn([C@@H]2CCC[C@H]2O)cc1NC(=O)c1cnn2cccnc12. The summed E-state index contributed by atoms with van der Waals surface area (Å²) in [5.41, 5.74) is 2.40. The molecular weight excluding hydrogens is 432 g/mol. The molecule has 1 aromatic carbocycles. The molecule has 3 heterocycles. The second-order valence-electron chi connectivity index (χ2n) is 7.68. The normalized spacial score (nSPS) is 18.2. The van der Waals surface area contributed by atoms with Gasteiger partial charge in [-0.25, -0.2) is 9.50 Å². The number of aliphatic hydroxyl groups is 1. The average molecular weight is 453 g/mol. The minimum absolute atomic E-state index is 0.164. The Hall–Kier alpha value is -3.43. The molecular formula is C22H21ClN6O3. The quantitative estimate of drug-likeness (QED) is 0.479. The van der Waals surface area contributed by atoms with Crippen LogP contribution in [-0.4, -0.2) is 48.6 Å². The molecule has 0 spiro atoms. The van der Waals surface area contributed by atoms with Crippen molar-refractivity contribution in [1.29, 1.82) is 0 Å². The predicted molar refractivity (Wildman–Crippen MR) is 119 cm³/mol. The zero-order valence-electron chi connectivity index (χ0n) is 17.3. The molecule has 0 bridgehead atoms. The molecule has 1 saturated carbocycles. The molecule has 4 aromatic rings. The molecule has 2 N–H and O–H groups in total. The number of hydrogen-bond donors (Lipinski definition) is 2. The highest BCUT2D eigenvalue weighted by Gasteiger charge is 2.30. The van der Waals surface area contributed by atoms with Crippen molar-refractivity contribution in [3.05, 3.63) is 59.6 Å². The Balaban J connectivity index is 1.58. The van der Waals surface area contributed by atoms with Gasteiger partial charge in [-0.1, -0.05) is 11.6 Å². The molecule has 0 unspecified atom stereocenters.